The lowest BCUT2D eigenvalue weighted by Gasteiger charge is -2.09. The van der Waals surface area contributed by atoms with E-state index in [0.717, 1.165) is 0 Å². The second-order valence-corrected chi connectivity index (χ2v) is 4.53. The van der Waals surface area contributed by atoms with Crippen molar-refractivity contribution in [1.29, 1.82) is 0 Å². The molecule has 0 bridgehead atoms. The van der Waals surface area contributed by atoms with Gasteiger partial charge in [0, 0.05) is 6.07 Å². The van der Waals surface area contributed by atoms with Crippen molar-refractivity contribution in [3.05, 3.63) is 44.5 Å². The van der Waals surface area contributed by atoms with Crippen molar-refractivity contribution in [3.63, 3.8) is 0 Å². The second kappa shape index (κ2) is 3.86. The zero-order valence-corrected chi connectivity index (χ0v) is 10.4. The van der Waals surface area contributed by atoms with E-state index in [1.807, 2.05) is 0 Å². The number of anilines is 1. The molecule has 1 aromatic rings. The van der Waals surface area contributed by atoms with Crippen molar-refractivity contribution in [3.8, 4) is 11.5 Å². The Kier molecular flexibility index (Phi) is 2.43. The molecule has 1 heterocycles. The molecule has 1 aromatic carbocycles. The number of hydrogen-bond acceptors (Lipinski definition) is 4. The third-order valence-corrected chi connectivity index (χ3v) is 3.29. The number of rotatable bonds is 0. The van der Waals surface area contributed by atoms with Crippen LogP contribution in [0.3, 0.4) is 0 Å². The number of aromatic nitrogens is 1. The number of benzene rings is 2. The molecule has 2 aliphatic rings. The van der Waals surface area contributed by atoms with Crippen molar-refractivity contribution in [2.45, 2.75) is 0 Å². The number of nitrogen functional groups attached to an aromatic ring is 1. The lowest BCUT2D eigenvalue weighted by molar-refractivity contribution is 0.613. The van der Waals surface area contributed by atoms with E-state index in [-0.39, 0.29) is 21.9 Å². The Balaban J connectivity index is 2.55. The minimum atomic E-state index is -0.389. The van der Waals surface area contributed by atoms with Gasteiger partial charge in [-0.1, -0.05) is 29.3 Å². The van der Waals surface area contributed by atoms with E-state index in [4.69, 9.17) is 33.4 Å². The second-order valence-electron chi connectivity index (χ2n) is 3.75. The van der Waals surface area contributed by atoms with Gasteiger partial charge in [0.1, 0.15) is 16.9 Å². The molecular formula is C12H6Cl2N2O2. The van der Waals surface area contributed by atoms with Crippen LogP contribution in [0.1, 0.15) is 0 Å². The van der Waals surface area contributed by atoms with Gasteiger partial charge < -0.3 is 10.2 Å². The van der Waals surface area contributed by atoms with Gasteiger partial charge in [0.15, 0.2) is 11.3 Å². The van der Waals surface area contributed by atoms with Crippen molar-refractivity contribution < 1.29 is 4.42 Å². The van der Waals surface area contributed by atoms with Gasteiger partial charge in [-0.2, -0.15) is 0 Å². The molecule has 0 fully saturated rings. The minimum Gasteiger partial charge on any atom is -0.453 e. The summed E-state index contributed by atoms with van der Waals surface area (Å²) in [4.78, 5) is 15.8. The van der Waals surface area contributed by atoms with Crippen molar-refractivity contribution >= 4 is 40.0 Å². The Morgan fingerprint density at radius 1 is 1.28 bits per heavy atom. The molecule has 4 nitrogen and oxygen atoms in total. The lowest BCUT2D eigenvalue weighted by atomic mass is 10.2. The summed E-state index contributed by atoms with van der Waals surface area (Å²) in [5.74, 6) is 0.286. The molecule has 0 spiro atoms. The van der Waals surface area contributed by atoms with Crippen LogP contribution in [0, 0.1) is 0 Å². The summed E-state index contributed by atoms with van der Waals surface area (Å²) in [6.45, 7) is 0. The normalized spacial score (nSPS) is 11.2. The Morgan fingerprint density at radius 3 is 2.83 bits per heavy atom. The van der Waals surface area contributed by atoms with Gasteiger partial charge in [0.25, 0.3) is 0 Å². The molecule has 90 valence electrons. The van der Waals surface area contributed by atoms with E-state index in [9.17, 15) is 4.79 Å². The fourth-order valence-electron chi connectivity index (χ4n) is 1.71. The average molecular weight is 281 g/mol. The molecule has 0 saturated heterocycles. The van der Waals surface area contributed by atoms with Crippen LogP contribution in [0.25, 0.3) is 22.6 Å². The van der Waals surface area contributed by atoms with E-state index in [2.05, 4.69) is 4.98 Å². The average Bonchev–Trinajstić information content (AvgIpc) is 2.35. The highest BCUT2D eigenvalue weighted by atomic mass is 35.5. The first-order valence-corrected chi connectivity index (χ1v) is 5.80. The minimum absolute atomic E-state index is 0.0433. The molecular weight excluding hydrogens is 275 g/mol. The molecule has 0 atom stereocenters. The highest BCUT2D eigenvalue weighted by Crippen LogP contribution is 2.34. The molecule has 3 rings (SSSR count). The quantitative estimate of drug-likeness (QED) is 0.507. The van der Waals surface area contributed by atoms with E-state index in [0.29, 0.717) is 21.8 Å². The van der Waals surface area contributed by atoms with E-state index in [1.54, 1.807) is 18.2 Å². The van der Waals surface area contributed by atoms with Crippen molar-refractivity contribution in [2.24, 2.45) is 0 Å². The van der Waals surface area contributed by atoms with Gasteiger partial charge >= 0.3 is 0 Å². The third kappa shape index (κ3) is 1.54. The number of hydrogen-bond donors (Lipinski definition) is 1. The Labute approximate surface area is 111 Å². The first-order chi connectivity index (χ1) is 8.58. The fraction of sp³-hybridized carbons (Fsp3) is 0. The molecule has 0 unspecified atom stereocenters. The van der Waals surface area contributed by atoms with Crippen LogP contribution in [0.5, 0.6) is 0 Å². The van der Waals surface area contributed by atoms with Crippen molar-refractivity contribution in [1.82, 2.24) is 4.98 Å². The van der Waals surface area contributed by atoms with Crippen LogP contribution < -0.4 is 11.2 Å². The summed E-state index contributed by atoms with van der Waals surface area (Å²) in [7, 11) is 0. The van der Waals surface area contributed by atoms with Crippen LogP contribution >= 0.6 is 23.2 Å². The Hall–Kier alpha value is -1.78. The van der Waals surface area contributed by atoms with Gasteiger partial charge in [-0.05, 0) is 12.1 Å². The summed E-state index contributed by atoms with van der Waals surface area (Å²) < 4.78 is 5.56. The first-order valence-electron chi connectivity index (χ1n) is 5.05. The monoisotopic (exact) mass is 280 g/mol. The third-order valence-electron chi connectivity index (χ3n) is 2.60. The smallest absolute Gasteiger partial charge is 0.206 e. The summed E-state index contributed by atoms with van der Waals surface area (Å²) in [6.07, 6.45) is 0. The van der Waals surface area contributed by atoms with Gasteiger partial charge in [0.2, 0.25) is 5.43 Å². The SMILES string of the molecule is Nc1c(Cl)c2nc3c(Cl)cccc3oc-2cc1=O. The maximum Gasteiger partial charge on any atom is 0.206 e. The number of nitrogens with two attached hydrogens (primary N) is 1. The van der Waals surface area contributed by atoms with Crippen LogP contribution in [0.15, 0.2) is 33.5 Å². The van der Waals surface area contributed by atoms with Gasteiger partial charge in [-0.3, -0.25) is 4.79 Å². The standard InChI is InChI=1S/C12H6Cl2N2O2/c13-5-2-1-3-7-11(5)16-12-8(18-7)4-6(17)10(15)9(12)14/h1-4H,15H2. The number of nitrogens with zero attached hydrogens (tertiary/aromatic N) is 1. The molecule has 2 N–H and O–H groups in total. The molecule has 18 heavy (non-hydrogen) atoms. The summed E-state index contributed by atoms with van der Waals surface area (Å²) in [5, 5.41) is 0.530. The molecule has 1 aliphatic carbocycles. The summed E-state index contributed by atoms with van der Waals surface area (Å²) in [6, 6.07) is 6.41. The zero-order chi connectivity index (χ0) is 12.9. The maximum atomic E-state index is 11.5. The van der Waals surface area contributed by atoms with Crippen molar-refractivity contribution in [2.75, 3.05) is 5.73 Å². The van der Waals surface area contributed by atoms with E-state index >= 15 is 0 Å². The summed E-state index contributed by atoms with van der Waals surface area (Å²) in [5.41, 5.74) is 6.43. The fourth-order valence-corrected chi connectivity index (χ4v) is 2.14. The molecule has 1 aliphatic heterocycles. The van der Waals surface area contributed by atoms with E-state index in [1.165, 1.54) is 6.07 Å². The van der Waals surface area contributed by atoms with E-state index < -0.39 is 0 Å². The summed E-state index contributed by atoms with van der Waals surface area (Å²) >= 11 is 12.0. The van der Waals surface area contributed by atoms with Gasteiger partial charge in [-0.25, -0.2) is 4.98 Å². The van der Waals surface area contributed by atoms with Crippen LogP contribution in [0.4, 0.5) is 5.69 Å². The molecule has 0 amide bonds. The van der Waals surface area contributed by atoms with Gasteiger partial charge in [-0.15, -0.1) is 0 Å². The lowest BCUT2D eigenvalue weighted by Crippen LogP contribution is -2.09. The Morgan fingerprint density at radius 2 is 2.06 bits per heavy atom. The van der Waals surface area contributed by atoms with Crippen LogP contribution in [-0.4, -0.2) is 4.98 Å². The number of para-hydroxylation sites is 1. The zero-order valence-electron chi connectivity index (χ0n) is 8.91. The highest BCUT2D eigenvalue weighted by molar-refractivity contribution is 6.36. The highest BCUT2D eigenvalue weighted by Gasteiger charge is 2.18. The topological polar surface area (TPSA) is 69.1 Å². The van der Waals surface area contributed by atoms with Gasteiger partial charge in [0.05, 0.1) is 10.0 Å². The molecule has 0 radical (unpaired) electrons. The molecule has 0 aromatic heterocycles. The predicted molar refractivity (Wildman–Crippen MR) is 71.3 cm³/mol. The number of fused-ring (bicyclic) bond motifs is 2. The van der Waals surface area contributed by atoms with Crippen LogP contribution in [-0.2, 0) is 0 Å². The first kappa shape index (κ1) is 11.3. The predicted octanol–water partition coefficient (Wildman–Crippen LogP) is 3.18. The maximum absolute atomic E-state index is 11.5. The molecule has 6 heteroatoms. The molecule has 0 saturated carbocycles. The Bertz CT molecular complexity index is 798. The largest absolute Gasteiger partial charge is 0.453 e. The number of halogens is 2. The van der Waals surface area contributed by atoms with Crippen LogP contribution in [0.2, 0.25) is 10.0 Å².